The number of nitrogens with zero attached hydrogens (tertiary/aromatic N) is 1. The number of carboxylic acids is 2. The summed E-state index contributed by atoms with van der Waals surface area (Å²) in [6, 6.07) is 2.33. The Morgan fingerprint density at radius 2 is 1.77 bits per heavy atom. The van der Waals surface area contributed by atoms with Crippen LogP contribution in [0.3, 0.4) is 0 Å². The summed E-state index contributed by atoms with van der Waals surface area (Å²) in [5.41, 5.74) is 6.41. The van der Waals surface area contributed by atoms with E-state index < -0.39 is 58.0 Å². The van der Waals surface area contributed by atoms with Gasteiger partial charge in [0.1, 0.15) is 35.3 Å². The summed E-state index contributed by atoms with van der Waals surface area (Å²) < 4.78 is -0.648. The number of carboxylic acid groups (broad SMARTS) is 2. The van der Waals surface area contributed by atoms with E-state index in [0.717, 1.165) is 0 Å². The molecular weight excluding hydrogens is 500 g/mol. The van der Waals surface area contributed by atoms with Gasteiger partial charge in [0.25, 0.3) is 0 Å². The third kappa shape index (κ3) is 6.38. The molecule has 7 N–H and O–H groups in total. The van der Waals surface area contributed by atoms with Gasteiger partial charge in [-0.3, -0.25) is 14.4 Å². The first kappa shape index (κ1) is 28.3. The minimum absolute atomic E-state index is 0.0606. The number of aliphatic carboxylic acids is 2. The van der Waals surface area contributed by atoms with Crippen molar-refractivity contribution in [3.8, 4) is 5.75 Å². The molecule has 2 aliphatic heterocycles. The number of phenolic OH excluding ortho intramolecular Hbond substituents is 1. The summed E-state index contributed by atoms with van der Waals surface area (Å²) in [6.45, 7) is 4.80. The first-order valence-corrected chi connectivity index (χ1v) is 11.9. The first-order chi connectivity index (χ1) is 16.2. The Balaban J connectivity index is 0.000000367. The Kier molecular flexibility index (Phi) is 9.03. The molecule has 0 spiro atoms. The van der Waals surface area contributed by atoms with Crippen LogP contribution in [0.4, 0.5) is 0 Å². The Hall–Kier alpha value is -2.97. The average Bonchev–Trinajstić information content (AvgIpc) is 3.03. The largest absolute Gasteiger partial charge is 0.508 e. The van der Waals surface area contributed by atoms with Crippen LogP contribution in [0.5, 0.6) is 5.75 Å². The number of thioether (sulfide) groups is 1. The minimum atomic E-state index is -1.06. The molecule has 12 nitrogen and oxygen atoms in total. The van der Waals surface area contributed by atoms with Gasteiger partial charge in [-0.25, -0.2) is 9.59 Å². The van der Waals surface area contributed by atoms with Crippen LogP contribution in [-0.2, 0) is 24.0 Å². The number of nitrogens with one attached hydrogen (secondary N) is 2. The lowest BCUT2D eigenvalue weighted by Gasteiger charge is -2.43. The predicted octanol–water partition coefficient (Wildman–Crippen LogP) is -0.471. The molecule has 3 rings (SSSR count). The molecule has 0 aromatic heterocycles. The lowest BCUT2D eigenvalue weighted by atomic mass is 9.95. The number of thiol groups is 1. The van der Waals surface area contributed by atoms with Crippen molar-refractivity contribution in [1.82, 2.24) is 15.5 Å². The van der Waals surface area contributed by atoms with E-state index in [9.17, 15) is 34.2 Å². The molecule has 2 fully saturated rings. The molecule has 5 atom stereocenters. The SMILES string of the molecule is CC(=O)N[C@@H](CS)C(=O)O.CC1(C)S[C@@H]2[C@H](NC(=O)C(N)c3ccc(O)cc3)C(=O)N2[C@H]1C(=O)O. The Bertz CT molecular complexity index is 1000. The van der Waals surface area contributed by atoms with Crippen LogP contribution in [0.2, 0.25) is 0 Å². The van der Waals surface area contributed by atoms with Gasteiger partial charge in [-0.1, -0.05) is 12.1 Å². The van der Waals surface area contributed by atoms with Crippen molar-refractivity contribution in [2.45, 2.75) is 55.1 Å². The molecule has 0 bridgehead atoms. The number of carbonyl (C=O) groups is 5. The molecule has 0 radical (unpaired) electrons. The first-order valence-electron chi connectivity index (χ1n) is 10.4. The molecule has 14 heteroatoms. The van der Waals surface area contributed by atoms with Crippen LogP contribution >= 0.6 is 24.4 Å². The maximum absolute atomic E-state index is 12.3. The summed E-state index contributed by atoms with van der Waals surface area (Å²) in [6.07, 6.45) is 0. The summed E-state index contributed by atoms with van der Waals surface area (Å²) >= 11 is 5.09. The number of β-lactam (4-membered cyclic amide) rings is 1. The number of rotatable bonds is 7. The normalized spacial score (nSPS) is 23.5. The summed E-state index contributed by atoms with van der Waals surface area (Å²) in [7, 11) is 0. The number of phenols is 1. The van der Waals surface area contributed by atoms with Gasteiger partial charge < -0.3 is 36.6 Å². The van der Waals surface area contributed by atoms with Crippen LogP contribution in [0, 0.1) is 0 Å². The van der Waals surface area contributed by atoms with Crippen LogP contribution in [0.15, 0.2) is 24.3 Å². The van der Waals surface area contributed by atoms with Crippen molar-refractivity contribution in [2.24, 2.45) is 5.73 Å². The predicted molar refractivity (Wildman–Crippen MR) is 130 cm³/mol. The van der Waals surface area contributed by atoms with Gasteiger partial charge in [0.05, 0.1) is 0 Å². The zero-order valence-corrected chi connectivity index (χ0v) is 20.9. The van der Waals surface area contributed by atoms with Gasteiger partial charge in [-0.15, -0.1) is 11.8 Å². The number of fused-ring (bicyclic) bond motifs is 1. The lowest BCUT2D eigenvalue weighted by molar-refractivity contribution is -0.161. The van der Waals surface area contributed by atoms with E-state index in [1.165, 1.54) is 47.9 Å². The molecule has 1 aromatic carbocycles. The topological polar surface area (TPSA) is 199 Å². The van der Waals surface area contributed by atoms with E-state index in [2.05, 4.69) is 23.3 Å². The molecule has 192 valence electrons. The molecule has 1 aromatic rings. The number of hydrogen-bond acceptors (Lipinski definition) is 9. The molecule has 0 saturated carbocycles. The highest BCUT2D eigenvalue weighted by molar-refractivity contribution is 8.01. The van der Waals surface area contributed by atoms with Crippen molar-refractivity contribution < 1.29 is 39.3 Å². The third-order valence-corrected chi connectivity index (χ3v) is 7.30. The van der Waals surface area contributed by atoms with Gasteiger partial charge in [0, 0.05) is 17.4 Å². The molecule has 35 heavy (non-hydrogen) atoms. The van der Waals surface area contributed by atoms with Crippen molar-refractivity contribution in [3.63, 3.8) is 0 Å². The van der Waals surface area contributed by atoms with E-state index in [4.69, 9.17) is 10.8 Å². The number of hydrogen-bond donors (Lipinski definition) is 7. The molecular formula is C21H28N4O8S2. The standard InChI is InChI=1S/C16H19N3O5S.C5H9NO3S/c1-16(2)11(15(23)24)19-13(22)10(14(19)25-16)18-12(21)9(17)7-3-5-8(20)6-4-7;1-3(7)6-4(2-10)5(8)9/h3-6,9-11,14,20H,17H2,1-2H3,(H,18,21)(H,23,24);4,10H,2H2,1H3,(H,6,7)(H,8,9)/t9?,10-,11+,14-;4-/m10/s1. The average molecular weight is 529 g/mol. The van der Waals surface area contributed by atoms with E-state index >= 15 is 0 Å². The zero-order chi connectivity index (χ0) is 26.7. The Labute approximate surface area is 211 Å². The van der Waals surface area contributed by atoms with Crippen LogP contribution < -0.4 is 16.4 Å². The number of carbonyl (C=O) groups excluding carboxylic acids is 3. The summed E-state index contributed by atoms with van der Waals surface area (Å²) in [4.78, 5) is 58.0. The zero-order valence-electron chi connectivity index (χ0n) is 19.2. The second kappa shape index (κ2) is 11.2. The highest BCUT2D eigenvalue weighted by Gasteiger charge is 2.64. The minimum Gasteiger partial charge on any atom is -0.508 e. The van der Waals surface area contributed by atoms with Gasteiger partial charge in [0.2, 0.25) is 17.7 Å². The van der Waals surface area contributed by atoms with Crippen molar-refractivity contribution >= 4 is 54.1 Å². The Morgan fingerprint density at radius 1 is 1.20 bits per heavy atom. The van der Waals surface area contributed by atoms with Gasteiger partial charge in [-0.2, -0.15) is 12.6 Å². The highest BCUT2D eigenvalue weighted by atomic mass is 32.2. The fraction of sp³-hybridized carbons (Fsp3) is 0.476. The van der Waals surface area contributed by atoms with E-state index in [1.54, 1.807) is 13.8 Å². The lowest BCUT2D eigenvalue weighted by Crippen LogP contribution is -2.71. The molecule has 1 unspecified atom stereocenters. The maximum Gasteiger partial charge on any atom is 0.327 e. The number of aromatic hydroxyl groups is 1. The summed E-state index contributed by atoms with van der Waals surface area (Å²) in [5.74, 6) is -3.26. The second-order valence-corrected chi connectivity index (χ2v) is 10.6. The van der Waals surface area contributed by atoms with Crippen molar-refractivity contribution in [3.05, 3.63) is 29.8 Å². The summed E-state index contributed by atoms with van der Waals surface area (Å²) in [5, 5.41) is 31.4. The second-order valence-electron chi connectivity index (χ2n) is 8.43. The molecule has 0 aliphatic carbocycles. The van der Waals surface area contributed by atoms with Gasteiger partial charge >= 0.3 is 11.9 Å². The van der Waals surface area contributed by atoms with Crippen LogP contribution in [0.25, 0.3) is 0 Å². The quantitative estimate of drug-likeness (QED) is 0.179. The van der Waals surface area contributed by atoms with E-state index in [1.807, 2.05) is 0 Å². The fourth-order valence-corrected chi connectivity index (χ4v) is 5.53. The molecule has 2 aliphatic rings. The van der Waals surface area contributed by atoms with E-state index in [-0.39, 0.29) is 17.4 Å². The van der Waals surface area contributed by atoms with Gasteiger partial charge in [-0.05, 0) is 31.5 Å². The maximum atomic E-state index is 12.3. The molecule has 2 heterocycles. The number of benzene rings is 1. The van der Waals surface area contributed by atoms with Crippen LogP contribution in [-0.4, -0.2) is 83.9 Å². The molecule has 3 amide bonds. The van der Waals surface area contributed by atoms with Crippen molar-refractivity contribution in [1.29, 1.82) is 0 Å². The van der Waals surface area contributed by atoms with Crippen molar-refractivity contribution in [2.75, 3.05) is 5.75 Å². The fourth-order valence-electron chi connectivity index (χ4n) is 3.65. The smallest absolute Gasteiger partial charge is 0.327 e. The number of nitrogens with two attached hydrogens (primary N) is 1. The van der Waals surface area contributed by atoms with Crippen LogP contribution in [0.1, 0.15) is 32.4 Å². The van der Waals surface area contributed by atoms with Gasteiger partial charge in [0.15, 0.2) is 0 Å². The Morgan fingerprint density at radius 3 is 2.20 bits per heavy atom. The monoisotopic (exact) mass is 528 g/mol. The highest BCUT2D eigenvalue weighted by Crippen LogP contribution is 2.50. The molecule has 2 saturated heterocycles. The third-order valence-electron chi connectivity index (χ3n) is 5.37. The number of amides is 3. The van der Waals surface area contributed by atoms with E-state index in [0.29, 0.717) is 5.56 Å².